The lowest BCUT2D eigenvalue weighted by Crippen LogP contribution is -2.23. The Labute approximate surface area is 134 Å². The first-order chi connectivity index (χ1) is 10.8. The molecule has 9 heteroatoms. The van der Waals surface area contributed by atoms with Gasteiger partial charge in [-0.15, -0.1) is 0 Å². The molecule has 1 aromatic heterocycles. The number of hydrogen-bond acceptors (Lipinski definition) is 6. The molecule has 0 bridgehead atoms. The van der Waals surface area contributed by atoms with E-state index in [0.29, 0.717) is 5.56 Å². The van der Waals surface area contributed by atoms with Crippen LogP contribution in [0.4, 0.5) is 11.5 Å². The van der Waals surface area contributed by atoms with Crippen LogP contribution in [0.15, 0.2) is 47.5 Å². The number of nitro groups is 1. The van der Waals surface area contributed by atoms with Crippen molar-refractivity contribution in [1.82, 2.24) is 9.29 Å². The topological polar surface area (TPSA) is 105 Å². The Hall–Kier alpha value is -2.52. The first-order valence-electron chi connectivity index (χ1n) is 6.67. The highest BCUT2D eigenvalue weighted by molar-refractivity contribution is 7.89. The third-order valence-corrected chi connectivity index (χ3v) is 5.08. The van der Waals surface area contributed by atoms with Gasteiger partial charge in [-0.25, -0.2) is 17.7 Å². The fraction of sp³-hybridized carbons (Fsp3) is 0.214. The van der Waals surface area contributed by atoms with Crippen molar-refractivity contribution in [2.75, 3.05) is 19.4 Å². The summed E-state index contributed by atoms with van der Waals surface area (Å²) < 4.78 is 25.7. The van der Waals surface area contributed by atoms with Gasteiger partial charge in [0.05, 0.1) is 9.82 Å². The summed E-state index contributed by atoms with van der Waals surface area (Å²) in [7, 11) is -0.704. The predicted octanol–water partition coefficient (Wildman–Crippen LogP) is 1.85. The van der Waals surface area contributed by atoms with Crippen molar-refractivity contribution in [1.29, 1.82) is 0 Å². The molecule has 0 fully saturated rings. The highest BCUT2D eigenvalue weighted by Gasteiger charge is 2.21. The molecule has 0 aliphatic rings. The highest BCUT2D eigenvalue weighted by Crippen LogP contribution is 2.23. The van der Waals surface area contributed by atoms with Crippen LogP contribution in [0.2, 0.25) is 0 Å². The van der Waals surface area contributed by atoms with Crippen molar-refractivity contribution in [3.63, 3.8) is 0 Å². The molecule has 0 aliphatic carbocycles. The minimum absolute atomic E-state index is 0.0922. The van der Waals surface area contributed by atoms with Crippen LogP contribution < -0.4 is 5.32 Å². The highest BCUT2D eigenvalue weighted by atomic mass is 32.2. The molecular formula is C14H16N4O4S. The van der Waals surface area contributed by atoms with Crippen molar-refractivity contribution in [2.45, 2.75) is 11.4 Å². The van der Waals surface area contributed by atoms with Crippen LogP contribution in [0.25, 0.3) is 0 Å². The van der Waals surface area contributed by atoms with Gasteiger partial charge in [-0.3, -0.25) is 10.1 Å². The van der Waals surface area contributed by atoms with Crippen molar-refractivity contribution in [3.05, 3.63) is 58.3 Å². The number of hydrogen-bond donors (Lipinski definition) is 1. The van der Waals surface area contributed by atoms with Crippen LogP contribution in [-0.2, 0) is 16.6 Å². The molecule has 1 heterocycles. The number of benzene rings is 1. The zero-order valence-corrected chi connectivity index (χ0v) is 13.4. The van der Waals surface area contributed by atoms with Gasteiger partial charge in [-0.05, 0) is 17.7 Å². The van der Waals surface area contributed by atoms with Crippen molar-refractivity contribution >= 4 is 21.5 Å². The van der Waals surface area contributed by atoms with Crippen LogP contribution in [0.5, 0.6) is 0 Å². The lowest BCUT2D eigenvalue weighted by Gasteiger charge is -2.15. The second-order valence-corrected chi connectivity index (χ2v) is 7.00. The van der Waals surface area contributed by atoms with Gasteiger partial charge in [0, 0.05) is 32.9 Å². The van der Waals surface area contributed by atoms with E-state index in [1.54, 1.807) is 18.2 Å². The molecule has 0 radical (unpaired) electrons. The number of sulfonamides is 1. The molecule has 0 saturated carbocycles. The molecule has 23 heavy (non-hydrogen) atoms. The monoisotopic (exact) mass is 336 g/mol. The van der Waals surface area contributed by atoms with E-state index in [-0.39, 0.29) is 22.9 Å². The Bertz CT molecular complexity index is 821. The van der Waals surface area contributed by atoms with E-state index >= 15 is 0 Å². The number of rotatable bonds is 6. The number of nitrogens with zero attached hydrogens (tertiary/aromatic N) is 3. The third kappa shape index (κ3) is 3.63. The molecule has 0 unspecified atom stereocenters. The normalized spacial score (nSPS) is 11.4. The van der Waals surface area contributed by atoms with E-state index in [1.807, 2.05) is 0 Å². The zero-order chi connectivity index (χ0) is 17.0. The van der Waals surface area contributed by atoms with Gasteiger partial charge >= 0.3 is 5.69 Å². The van der Waals surface area contributed by atoms with Crippen LogP contribution in [0, 0.1) is 10.1 Å². The second-order valence-electron chi connectivity index (χ2n) is 4.88. The van der Waals surface area contributed by atoms with Crippen LogP contribution in [-0.4, -0.2) is 36.7 Å². The smallest absolute Gasteiger partial charge is 0.311 e. The van der Waals surface area contributed by atoms with Gasteiger partial charge in [-0.2, -0.15) is 0 Å². The fourth-order valence-electron chi connectivity index (χ4n) is 1.96. The number of aromatic nitrogens is 1. The Morgan fingerprint density at radius 3 is 2.57 bits per heavy atom. The maximum absolute atomic E-state index is 12.3. The Morgan fingerprint density at radius 1 is 1.22 bits per heavy atom. The summed E-state index contributed by atoms with van der Waals surface area (Å²) in [6, 6.07) is 9.28. The van der Waals surface area contributed by atoms with Crippen molar-refractivity contribution < 1.29 is 13.3 Å². The molecule has 2 aromatic rings. The average Bonchev–Trinajstić information content (AvgIpc) is 2.53. The summed E-state index contributed by atoms with van der Waals surface area (Å²) in [6.07, 6.45) is 1.43. The number of pyridine rings is 1. The summed E-state index contributed by atoms with van der Waals surface area (Å²) in [4.78, 5) is 14.5. The Balaban J connectivity index is 2.32. The van der Waals surface area contributed by atoms with E-state index in [0.717, 1.165) is 4.31 Å². The number of anilines is 1. The molecule has 0 amide bonds. The standard InChI is InChI=1S/C14H16N4O4S/c1-17(2)23(21,22)13-8-4-3-6-11(13)10-16-14-12(18(19)20)7-5-9-15-14/h3-9H,10H2,1-2H3,(H,15,16). The third-order valence-electron chi connectivity index (χ3n) is 3.16. The molecule has 0 aliphatic heterocycles. The van der Waals surface area contributed by atoms with E-state index in [4.69, 9.17) is 0 Å². The Morgan fingerprint density at radius 2 is 1.91 bits per heavy atom. The molecule has 8 nitrogen and oxygen atoms in total. The summed E-state index contributed by atoms with van der Waals surface area (Å²) in [5.74, 6) is 0.0922. The predicted molar refractivity (Wildman–Crippen MR) is 85.5 cm³/mol. The summed E-state index contributed by atoms with van der Waals surface area (Å²) >= 11 is 0. The first kappa shape index (κ1) is 16.8. The molecule has 0 spiro atoms. The minimum atomic E-state index is -3.60. The summed E-state index contributed by atoms with van der Waals surface area (Å²) in [5, 5.41) is 13.8. The molecule has 2 rings (SSSR count). The Kier molecular flexibility index (Phi) is 4.92. The molecular weight excluding hydrogens is 320 g/mol. The maximum atomic E-state index is 12.3. The average molecular weight is 336 g/mol. The second kappa shape index (κ2) is 6.71. The molecule has 1 N–H and O–H groups in total. The quantitative estimate of drug-likeness (QED) is 0.637. The molecule has 0 atom stereocenters. The van der Waals surface area contributed by atoms with E-state index < -0.39 is 14.9 Å². The van der Waals surface area contributed by atoms with Crippen LogP contribution >= 0.6 is 0 Å². The first-order valence-corrected chi connectivity index (χ1v) is 8.11. The van der Waals surface area contributed by atoms with Gasteiger partial charge in [0.1, 0.15) is 0 Å². The van der Waals surface area contributed by atoms with Gasteiger partial charge in [0.2, 0.25) is 15.8 Å². The molecule has 0 saturated heterocycles. The number of nitrogens with one attached hydrogen (secondary N) is 1. The van der Waals surface area contributed by atoms with Gasteiger partial charge < -0.3 is 5.32 Å². The van der Waals surface area contributed by atoms with E-state index in [1.165, 1.54) is 38.5 Å². The SMILES string of the molecule is CN(C)S(=O)(=O)c1ccccc1CNc1ncccc1[N+](=O)[O-]. The van der Waals surface area contributed by atoms with Crippen molar-refractivity contribution in [3.8, 4) is 0 Å². The summed E-state index contributed by atoms with van der Waals surface area (Å²) in [5.41, 5.74) is 0.335. The fourth-order valence-corrected chi connectivity index (χ4v) is 3.07. The molecule has 122 valence electrons. The largest absolute Gasteiger partial charge is 0.360 e. The van der Waals surface area contributed by atoms with E-state index in [2.05, 4.69) is 10.3 Å². The molecule has 1 aromatic carbocycles. The van der Waals surface area contributed by atoms with E-state index in [9.17, 15) is 18.5 Å². The van der Waals surface area contributed by atoms with Gasteiger partial charge in [-0.1, -0.05) is 18.2 Å². The lowest BCUT2D eigenvalue weighted by atomic mass is 10.2. The van der Waals surface area contributed by atoms with Gasteiger partial charge in [0.15, 0.2) is 0 Å². The minimum Gasteiger partial charge on any atom is -0.360 e. The van der Waals surface area contributed by atoms with Crippen molar-refractivity contribution in [2.24, 2.45) is 0 Å². The maximum Gasteiger partial charge on any atom is 0.311 e. The van der Waals surface area contributed by atoms with Crippen LogP contribution in [0.1, 0.15) is 5.56 Å². The van der Waals surface area contributed by atoms with Gasteiger partial charge in [0.25, 0.3) is 0 Å². The lowest BCUT2D eigenvalue weighted by molar-refractivity contribution is -0.384. The summed E-state index contributed by atoms with van der Waals surface area (Å²) in [6.45, 7) is 0.0983. The van der Waals surface area contributed by atoms with Crippen LogP contribution in [0.3, 0.4) is 0 Å². The zero-order valence-electron chi connectivity index (χ0n) is 12.6.